The number of hydrogen-bond donors (Lipinski definition) is 5. The second-order valence-electron chi connectivity index (χ2n) is 13.4. The van der Waals surface area contributed by atoms with Crippen molar-refractivity contribution in [3.05, 3.63) is 11.6 Å². The van der Waals surface area contributed by atoms with Crippen molar-refractivity contribution in [2.45, 2.75) is 114 Å². The Morgan fingerprint density at radius 1 is 1.00 bits per heavy atom. The lowest BCUT2D eigenvalue weighted by Gasteiger charge is -2.64. The van der Waals surface area contributed by atoms with Crippen molar-refractivity contribution in [2.24, 2.45) is 34.5 Å². The minimum Gasteiger partial charge on any atom is -0.458 e. The van der Waals surface area contributed by atoms with Crippen LogP contribution < -0.4 is 0 Å². The lowest BCUT2D eigenvalue weighted by molar-refractivity contribution is -0.311. The van der Waals surface area contributed by atoms with E-state index in [1.807, 2.05) is 0 Å². The lowest BCUT2D eigenvalue weighted by Crippen LogP contribution is -2.64. The van der Waals surface area contributed by atoms with Crippen molar-refractivity contribution in [1.29, 1.82) is 0 Å². The molecule has 0 aromatic heterocycles. The number of ether oxygens (including phenoxy) is 3. The third kappa shape index (κ3) is 3.80. The van der Waals surface area contributed by atoms with Crippen molar-refractivity contribution in [1.82, 2.24) is 0 Å². The molecule has 4 aliphatic carbocycles. The highest BCUT2D eigenvalue weighted by Gasteiger charge is 2.68. The molecule has 38 heavy (non-hydrogen) atoms. The van der Waals surface area contributed by atoms with Gasteiger partial charge in [-0.05, 0) is 99.4 Å². The van der Waals surface area contributed by atoms with Gasteiger partial charge in [0, 0.05) is 18.1 Å². The van der Waals surface area contributed by atoms with E-state index in [2.05, 4.69) is 6.92 Å². The topological polar surface area (TPSA) is 146 Å². The molecular formula is C29H44O9. The zero-order valence-corrected chi connectivity index (χ0v) is 22.5. The van der Waals surface area contributed by atoms with Gasteiger partial charge in [-0.2, -0.15) is 0 Å². The number of carbonyl (C=O) groups is 1. The SMILES string of the molecule is C[C@@H]1O[C@@H](O[C@H]2CC[C@@]3(CO)[C@@H](CC[C@@H]4[C@@H]3CC[C@]3(C)[C@@H](C5=CC(=O)OC5)CC[C@]43O)C2)[C@@H](O)[C@@H](O)[C@H]1O. The number of esters is 1. The molecule has 9 heteroatoms. The fourth-order valence-electron chi connectivity index (χ4n) is 9.91. The first-order chi connectivity index (χ1) is 18.0. The standard InChI is InChI=1S/C29H44O9/c1-15-23(32)24(33)25(34)26(37-15)38-18-5-9-28(14-30)17(12-18)3-4-21-20(28)6-8-27(2)19(7-10-29(21,27)35)16-11-22(31)36-13-16/h11,15,17-21,23-26,30,32-35H,3-10,12-14H2,1-2H3/t15-,17-,18-,19+,20-,21+,23-,24-,25-,26-,27+,28+,29-/m0/s1. The van der Waals surface area contributed by atoms with Gasteiger partial charge in [0.2, 0.25) is 0 Å². The zero-order valence-electron chi connectivity index (χ0n) is 22.5. The van der Waals surface area contributed by atoms with Gasteiger partial charge in [0.25, 0.3) is 0 Å². The van der Waals surface area contributed by atoms with E-state index in [9.17, 15) is 30.3 Å². The van der Waals surface area contributed by atoms with Crippen LogP contribution in [0.1, 0.15) is 71.6 Å². The number of rotatable bonds is 4. The second kappa shape index (κ2) is 9.50. The van der Waals surface area contributed by atoms with E-state index in [1.54, 1.807) is 13.0 Å². The lowest BCUT2D eigenvalue weighted by atomic mass is 9.43. The molecular weight excluding hydrogens is 492 g/mol. The van der Waals surface area contributed by atoms with Crippen molar-refractivity contribution in [2.75, 3.05) is 13.2 Å². The Morgan fingerprint density at radius 3 is 2.50 bits per heavy atom. The summed E-state index contributed by atoms with van der Waals surface area (Å²) in [5, 5.41) is 53.9. The summed E-state index contributed by atoms with van der Waals surface area (Å²) >= 11 is 0. The van der Waals surface area contributed by atoms with Crippen LogP contribution in [0.25, 0.3) is 0 Å². The Morgan fingerprint density at radius 2 is 1.79 bits per heavy atom. The molecule has 9 nitrogen and oxygen atoms in total. The van der Waals surface area contributed by atoms with Crippen LogP contribution in [0.2, 0.25) is 0 Å². The molecule has 0 amide bonds. The van der Waals surface area contributed by atoms with Crippen LogP contribution >= 0.6 is 0 Å². The molecule has 5 N–H and O–H groups in total. The van der Waals surface area contributed by atoms with E-state index >= 15 is 0 Å². The molecule has 6 aliphatic rings. The first-order valence-electron chi connectivity index (χ1n) is 14.6. The van der Waals surface area contributed by atoms with Crippen molar-refractivity contribution in [3.8, 4) is 0 Å². The largest absolute Gasteiger partial charge is 0.458 e. The zero-order chi connectivity index (χ0) is 27.0. The van der Waals surface area contributed by atoms with Crippen LogP contribution in [0.4, 0.5) is 0 Å². The van der Waals surface area contributed by atoms with Gasteiger partial charge in [0.1, 0.15) is 24.9 Å². The highest BCUT2D eigenvalue weighted by atomic mass is 16.7. The van der Waals surface area contributed by atoms with Gasteiger partial charge in [-0.3, -0.25) is 0 Å². The van der Waals surface area contributed by atoms with Crippen LogP contribution in [-0.4, -0.2) is 87.1 Å². The Kier molecular flexibility index (Phi) is 6.78. The van der Waals surface area contributed by atoms with Crippen molar-refractivity contribution >= 4 is 5.97 Å². The summed E-state index contributed by atoms with van der Waals surface area (Å²) in [7, 11) is 0. The molecule has 2 aliphatic heterocycles. The fraction of sp³-hybridized carbons (Fsp3) is 0.897. The predicted molar refractivity (Wildman–Crippen MR) is 134 cm³/mol. The Labute approximate surface area is 224 Å². The molecule has 4 saturated carbocycles. The first-order valence-corrected chi connectivity index (χ1v) is 14.6. The summed E-state index contributed by atoms with van der Waals surface area (Å²) in [6.07, 6.45) is 3.35. The summed E-state index contributed by atoms with van der Waals surface area (Å²) in [6, 6.07) is 0. The van der Waals surface area contributed by atoms with Gasteiger partial charge < -0.3 is 39.7 Å². The second-order valence-corrected chi connectivity index (χ2v) is 13.4. The summed E-state index contributed by atoms with van der Waals surface area (Å²) in [5.41, 5.74) is -0.401. The molecule has 6 rings (SSSR count). The van der Waals surface area contributed by atoms with Crippen LogP contribution in [-0.2, 0) is 19.0 Å². The molecule has 5 fully saturated rings. The normalized spacial score (nSPS) is 54.5. The monoisotopic (exact) mass is 536 g/mol. The Bertz CT molecular complexity index is 970. The predicted octanol–water partition coefficient (Wildman–Crippen LogP) is 1.43. The molecule has 214 valence electrons. The third-order valence-corrected chi connectivity index (χ3v) is 12.1. The molecule has 2 heterocycles. The number of fused-ring (bicyclic) bond motifs is 5. The summed E-state index contributed by atoms with van der Waals surface area (Å²) in [4.78, 5) is 11.8. The van der Waals surface area contributed by atoms with Gasteiger partial charge in [-0.15, -0.1) is 0 Å². The van der Waals surface area contributed by atoms with Gasteiger partial charge in [-0.1, -0.05) is 6.92 Å². The Balaban J connectivity index is 1.19. The van der Waals surface area contributed by atoms with E-state index in [-0.39, 0.29) is 53.2 Å². The van der Waals surface area contributed by atoms with E-state index in [4.69, 9.17) is 14.2 Å². The van der Waals surface area contributed by atoms with E-state index in [1.165, 1.54) is 0 Å². The summed E-state index contributed by atoms with van der Waals surface area (Å²) in [6.45, 7) is 4.27. The molecule has 0 aromatic rings. The minimum absolute atomic E-state index is 0.0831. The van der Waals surface area contributed by atoms with Crippen LogP contribution in [0.5, 0.6) is 0 Å². The minimum atomic E-state index is -1.32. The fourth-order valence-corrected chi connectivity index (χ4v) is 9.91. The average molecular weight is 537 g/mol. The highest BCUT2D eigenvalue weighted by Crippen LogP contribution is 2.70. The maximum atomic E-state index is 12.4. The first kappa shape index (κ1) is 27.1. The molecule has 13 atom stereocenters. The molecule has 1 saturated heterocycles. The van der Waals surface area contributed by atoms with Crippen LogP contribution in [0, 0.1) is 34.5 Å². The van der Waals surface area contributed by atoms with E-state index in [0.717, 1.165) is 50.5 Å². The van der Waals surface area contributed by atoms with Crippen molar-refractivity contribution < 1.29 is 44.5 Å². The summed E-state index contributed by atoms with van der Waals surface area (Å²) < 4.78 is 17.1. The van der Waals surface area contributed by atoms with Gasteiger partial charge in [0.05, 0.1) is 17.8 Å². The number of cyclic esters (lactones) is 1. The number of aliphatic hydroxyl groups excluding tert-OH is 4. The third-order valence-electron chi connectivity index (χ3n) is 12.1. The molecule has 0 radical (unpaired) electrons. The highest BCUT2D eigenvalue weighted by molar-refractivity contribution is 5.85. The van der Waals surface area contributed by atoms with Crippen molar-refractivity contribution in [3.63, 3.8) is 0 Å². The van der Waals surface area contributed by atoms with Crippen LogP contribution in [0.15, 0.2) is 11.6 Å². The smallest absolute Gasteiger partial charge is 0.331 e. The number of hydrogen-bond acceptors (Lipinski definition) is 9. The maximum absolute atomic E-state index is 12.4. The number of aliphatic hydroxyl groups is 5. The molecule has 0 unspecified atom stereocenters. The molecule has 0 bridgehead atoms. The molecule has 0 spiro atoms. The Hall–Kier alpha value is -1.07. The quantitative estimate of drug-likeness (QED) is 0.266. The summed E-state index contributed by atoms with van der Waals surface area (Å²) in [5.74, 6) is 0.414. The van der Waals surface area contributed by atoms with Crippen LogP contribution in [0.3, 0.4) is 0 Å². The maximum Gasteiger partial charge on any atom is 0.331 e. The molecule has 0 aromatic carbocycles. The van der Waals surface area contributed by atoms with E-state index in [0.29, 0.717) is 19.4 Å². The van der Waals surface area contributed by atoms with Gasteiger partial charge in [-0.25, -0.2) is 4.79 Å². The average Bonchev–Trinajstić information content (AvgIpc) is 3.45. The van der Waals surface area contributed by atoms with Gasteiger partial charge in [0.15, 0.2) is 6.29 Å². The number of carbonyl (C=O) groups excluding carboxylic acids is 1. The van der Waals surface area contributed by atoms with E-state index < -0.39 is 36.3 Å². The van der Waals surface area contributed by atoms with Gasteiger partial charge >= 0.3 is 5.97 Å².